The van der Waals surface area contributed by atoms with Crippen LogP contribution in [0.5, 0.6) is 0 Å². The number of benzene rings is 3. The molecule has 0 fully saturated rings. The Hall–Kier alpha value is -1.47. The fraction of sp³-hybridized carbons (Fsp3) is 0.250. The molecule has 3 rings (SSSR count). The standard InChI is InChI=1S/3C8H9.In/c3*1-7-4-3-5-8(2)6-7;/h3*3-4,6H,1-2H3;. The van der Waals surface area contributed by atoms with Gasteiger partial charge in [0.2, 0.25) is 0 Å². The van der Waals surface area contributed by atoms with Crippen LogP contribution < -0.4 is 9.96 Å². The van der Waals surface area contributed by atoms with Gasteiger partial charge >= 0.3 is 161 Å². The van der Waals surface area contributed by atoms with Gasteiger partial charge in [-0.3, -0.25) is 0 Å². The van der Waals surface area contributed by atoms with Crippen LogP contribution >= 0.6 is 0 Å². The molecule has 126 valence electrons. The van der Waals surface area contributed by atoms with E-state index in [-0.39, 0.29) is 0 Å². The predicted octanol–water partition coefficient (Wildman–Crippen LogP) is 4.05. The minimum atomic E-state index is -2.39. The van der Waals surface area contributed by atoms with E-state index in [1.54, 1.807) is 9.96 Å². The summed E-state index contributed by atoms with van der Waals surface area (Å²) in [6, 6.07) is 21.2. The second-order valence-electron chi connectivity index (χ2n) is 7.51. The Morgan fingerprint density at radius 2 is 0.720 bits per heavy atom. The van der Waals surface area contributed by atoms with Gasteiger partial charge in [-0.1, -0.05) is 0 Å². The van der Waals surface area contributed by atoms with Gasteiger partial charge in [0.05, 0.1) is 0 Å². The Kier molecular flexibility index (Phi) is 5.44. The van der Waals surface area contributed by atoms with E-state index in [2.05, 4.69) is 96.1 Å². The summed E-state index contributed by atoms with van der Waals surface area (Å²) in [5.74, 6) is 0. The third kappa shape index (κ3) is 3.87. The zero-order chi connectivity index (χ0) is 18.1. The second kappa shape index (κ2) is 7.41. The number of aryl methyl sites for hydroxylation is 6. The molecule has 0 aliphatic rings. The molecule has 3 aromatic rings. The molecule has 25 heavy (non-hydrogen) atoms. The van der Waals surface area contributed by atoms with Crippen LogP contribution in [0.15, 0.2) is 54.6 Å². The van der Waals surface area contributed by atoms with Crippen LogP contribution in [0.25, 0.3) is 0 Å². The fourth-order valence-corrected chi connectivity index (χ4v) is 13.9. The summed E-state index contributed by atoms with van der Waals surface area (Å²) in [6.07, 6.45) is 0. The first-order valence-corrected chi connectivity index (χ1v) is 14.0. The maximum atomic E-state index is 2.41. The summed E-state index contributed by atoms with van der Waals surface area (Å²) in [7, 11) is 0. The van der Waals surface area contributed by atoms with Crippen molar-refractivity contribution in [2.45, 2.75) is 41.5 Å². The van der Waals surface area contributed by atoms with Crippen LogP contribution in [0.2, 0.25) is 0 Å². The van der Waals surface area contributed by atoms with Gasteiger partial charge in [0, 0.05) is 0 Å². The fourth-order valence-electron chi connectivity index (χ4n) is 3.95. The molecule has 0 spiro atoms. The van der Waals surface area contributed by atoms with E-state index in [1.807, 2.05) is 0 Å². The predicted molar refractivity (Wildman–Crippen MR) is 112 cm³/mol. The second-order valence-corrected chi connectivity index (χ2v) is 15.3. The molecular weight excluding hydrogens is 403 g/mol. The van der Waals surface area contributed by atoms with Crippen LogP contribution in [0.3, 0.4) is 0 Å². The van der Waals surface area contributed by atoms with E-state index >= 15 is 0 Å². The molecule has 1 heteroatoms. The van der Waals surface area contributed by atoms with Crippen molar-refractivity contribution in [2.75, 3.05) is 0 Å². The summed E-state index contributed by atoms with van der Waals surface area (Å²) in [6.45, 7) is 13.4. The quantitative estimate of drug-likeness (QED) is 0.588. The topological polar surface area (TPSA) is 0 Å². The number of hydrogen-bond donors (Lipinski definition) is 0. The van der Waals surface area contributed by atoms with E-state index < -0.39 is 21.4 Å². The average Bonchev–Trinajstić information content (AvgIpc) is 2.52. The number of hydrogen-bond acceptors (Lipinski definition) is 0. The molecule has 0 aromatic heterocycles. The Bertz CT molecular complexity index is 799. The van der Waals surface area contributed by atoms with Gasteiger partial charge in [-0.2, -0.15) is 0 Å². The normalized spacial score (nSPS) is 10.8. The van der Waals surface area contributed by atoms with Crippen molar-refractivity contribution >= 4 is 31.4 Å². The van der Waals surface area contributed by atoms with Gasteiger partial charge in [-0.25, -0.2) is 0 Å². The molecule has 0 atom stereocenters. The minimum absolute atomic E-state index is 1.35. The molecular formula is C24H27In. The van der Waals surface area contributed by atoms with Crippen LogP contribution in [0, 0.1) is 41.5 Å². The molecule has 0 heterocycles. The molecule has 0 amide bonds. The molecule has 0 aliphatic carbocycles. The molecule has 0 N–H and O–H groups in total. The van der Waals surface area contributed by atoms with Gasteiger partial charge < -0.3 is 0 Å². The zero-order valence-corrected chi connectivity index (χ0v) is 19.6. The van der Waals surface area contributed by atoms with Crippen LogP contribution in [0.4, 0.5) is 0 Å². The SMILES string of the molecule is Cc1cc[c]([In]([c]2ccc(C)cc2C)[c]2ccc(C)cc2C)c(C)c1. The number of rotatable bonds is 3. The van der Waals surface area contributed by atoms with Crippen molar-refractivity contribution in [1.82, 2.24) is 0 Å². The van der Waals surface area contributed by atoms with E-state index in [4.69, 9.17) is 0 Å². The summed E-state index contributed by atoms with van der Waals surface area (Å²) < 4.78 is 4.85. The van der Waals surface area contributed by atoms with E-state index in [9.17, 15) is 0 Å². The van der Waals surface area contributed by atoms with E-state index in [0.717, 1.165) is 0 Å². The van der Waals surface area contributed by atoms with Crippen molar-refractivity contribution in [3.8, 4) is 0 Å². The molecule has 0 saturated heterocycles. The van der Waals surface area contributed by atoms with Crippen molar-refractivity contribution < 1.29 is 0 Å². The molecule has 0 radical (unpaired) electrons. The van der Waals surface area contributed by atoms with Crippen LogP contribution in [-0.2, 0) is 0 Å². The molecule has 0 aliphatic heterocycles. The molecule has 3 aromatic carbocycles. The molecule has 0 bridgehead atoms. The van der Waals surface area contributed by atoms with Crippen molar-refractivity contribution in [1.29, 1.82) is 0 Å². The Morgan fingerprint density at radius 1 is 0.440 bits per heavy atom. The van der Waals surface area contributed by atoms with Crippen LogP contribution in [-0.4, -0.2) is 21.4 Å². The summed E-state index contributed by atoms with van der Waals surface area (Å²) in [5, 5.41) is 0. The van der Waals surface area contributed by atoms with Gasteiger partial charge in [0.25, 0.3) is 0 Å². The summed E-state index contributed by atoms with van der Waals surface area (Å²) in [4.78, 5) is 0. The monoisotopic (exact) mass is 430 g/mol. The first-order valence-electron chi connectivity index (χ1n) is 9.08. The molecule has 0 unspecified atom stereocenters. The van der Waals surface area contributed by atoms with Crippen molar-refractivity contribution in [3.63, 3.8) is 0 Å². The van der Waals surface area contributed by atoms with Crippen molar-refractivity contribution in [3.05, 3.63) is 88.0 Å². The summed E-state index contributed by atoms with van der Waals surface area (Å²) >= 11 is -2.39. The maximum absolute atomic E-state index is 2.41. The van der Waals surface area contributed by atoms with Crippen molar-refractivity contribution in [2.24, 2.45) is 0 Å². The van der Waals surface area contributed by atoms with E-state index in [1.165, 1.54) is 33.4 Å². The Labute approximate surface area is 160 Å². The average molecular weight is 430 g/mol. The van der Waals surface area contributed by atoms with Gasteiger partial charge in [-0.05, 0) is 0 Å². The third-order valence-electron chi connectivity index (χ3n) is 5.21. The van der Waals surface area contributed by atoms with E-state index in [0.29, 0.717) is 0 Å². The molecule has 0 nitrogen and oxygen atoms in total. The van der Waals surface area contributed by atoms with Gasteiger partial charge in [-0.15, -0.1) is 0 Å². The van der Waals surface area contributed by atoms with Gasteiger partial charge in [0.1, 0.15) is 0 Å². The zero-order valence-electron chi connectivity index (χ0n) is 16.3. The first kappa shape index (κ1) is 18.3. The third-order valence-corrected chi connectivity index (χ3v) is 16.1. The Balaban J connectivity index is 2.27. The van der Waals surface area contributed by atoms with Gasteiger partial charge in [0.15, 0.2) is 0 Å². The summed E-state index contributed by atoms with van der Waals surface area (Å²) in [5.41, 5.74) is 8.44. The van der Waals surface area contributed by atoms with Crippen LogP contribution in [0.1, 0.15) is 33.4 Å². The molecule has 0 saturated carbocycles. The first-order chi connectivity index (χ1) is 11.9. The Morgan fingerprint density at radius 3 is 0.960 bits per heavy atom.